The number of rotatable bonds is 3. The number of carboxylic acid groups (broad SMARTS) is 1. The zero-order chi connectivity index (χ0) is 16.8. The Morgan fingerprint density at radius 1 is 1.17 bits per heavy atom. The van der Waals surface area contributed by atoms with Crippen molar-refractivity contribution in [1.29, 1.82) is 0 Å². The van der Waals surface area contributed by atoms with E-state index in [1.807, 2.05) is 0 Å². The molecule has 0 amide bonds. The van der Waals surface area contributed by atoms with Gasteiger partial charge in [-0.2, -0.15) is 4.31 Å². The minimum Gasteiger partial charge on any atom is -0.480 e. The summed E-state index contributed by atoms with van der Waals surface area (Å²) in [7, 11) is -4.20. The minimum absolute atomic E-state index is 0.00456. The standard InChI is InChI=1S/C15H17F2NO4S/c16-11-6-5-10(8-12(11)17)23(21,22)18-13-4-2-1-3-9(13)7-14(18)15(19)20/h5-6,8-9,13-14H,1-4,7H2,(H,19,20). The van der Waals surface area contributed by atoms with Gasteiger partial charge in [-0.15, -0.1) is 0 Å². The van der Waals surface area contributed by atoms with Crippen molar-refractivity contribution in [3.05, 3.63) is 29.8 Å². The maximum atomic E-state index is 13.4. The number of hydrogen-bond donors (Lipinski definition) is 1. The first-order chi connectivity index (χ1) is 10.8. The van der Waals surface area contributed by atoms with Crippen molar-refractivity contribution in [2.45, 2.75) is 49.1 Å². The third kappa shape index (κ3) is 2.74. The van der Waals surface area contributed by atoms with Gasteiger partial charge in [0.1, 0.15) is 6.04 Å². The van der Waals surface area contributed by atoms with Crippen molar-refractivity contribution >= 4 is 16.0 Å². The molecular formula is C15H17F2NO4S. The van der Waals surface area contributed by atoms with Gasteiger partial charge in [-0.05, 0) is 43.4 Å². The van der Waals surface area contributed by atoms with Gasteiger partial charge in [-0.1, -0.05) is 12.8 Å². The van der Waals surface area contributed by atoms with Gasteiger partial charge in [0.2, 0.25) is 10.0 Å². The second kappa shape index (κ2) is 5.83. The van der Waals surface area contributed by atoms with Crippen LogP contribution in [-0.2, 0) is 14.8 Å². The number of carboxylic acids is 1. The molecule has 1 aromatic rings. The minimum atomic E-state index is -4.20. The molecule has 8 heteroatoms. The van der Waals surface area contributed by atoms with E-state index in [0.717, 1.165) is 35.7 Å². The first kappa shape index (κ1) is 16.3. The second-order valence-electron chi connectivity index (χ2n) is 6.11. The molecule has 0 bridgehead atoms. The van der Waals surface area contributed by atoms with Gasteiger partial charge in [0.15, 0.2) is 11.6 Å². The molecule has 5 nitrogen and oxygen atoms in total. The van der Waals surface area contributed by atoms with E-state index in [1.54, 1.807) is 0 Å². The molecule has 2 aliphatic rings. The third-order valence-electron chi connectivity index (χ3n) is 4.78. The first-order valence-corrected chi connectivity index (χ1v) is 8.98. The zero-order valence-electron chi connectivity index (χ0n) is 12.3. The van der Waals surface area contributed by atoms with Gasteiger partial charge in [-0.25, -0.2) is 17.2 Å². The lowest BCUT2D eigenvalue weighted by molar-refractivity contribution is -0.141. The Labute approximate surface area is 133 Å². The number of benzene rings is 1. The van der Waals surface area contributed by atoms with Crippen LogP contribution < -0.4 is 0 Å². The summed E-state index contributed by atoms with van der Waals surface area (Å²) >= 11 is 0. The Bertz CT molecular complexity index is 737. The molecule has 1 heterocycles. The van der Waals surface area contributed by atoms with Crippen LogP contribution in [0.5, 0.6) is 0 Å². The van der Waals surface area contributed by atoms with Crippen LogP contribution in [0, 0.1) is 17.6 Å². The normalized spacial score (nSPS) is 28.5. The van der Waals surface area contributed by atoms with E-state index < -0.39 is 38.6 Å². The number of nitrogens with zero attached hydrogens (tertiary/aromatic N) is 1. The molecule has 0 spiro atoms. The fourth-order valence-corrected chi connectivity index (χ4v) is 5.62. The summed E-state index contributed by atoms with van der Waals surface area (Å²) in [6.07, 6.45) is 3.43. The Balaban J connectivity index is 2.04. The Hall–Kier alpha value is -1.54. The van der Waals surface area contributed by atoms with Gasteiger partial charge >= 0.3 is 5.97 Å². The smallest absolute Gasteiger partial charge is 0.322 e. The maximum absolute atomic E-state index is 13.4. The highest BCUT2D eigenvalue weighted by molar-refractivity contribution is 7.89. The van der Waals surface area contributed by atoms with Crippen LogP contribution in [0.25, 0.3) is 0 Å². The quantitative estimate of drug-likeness (QED) is 0.913. The van der Waals surface area contributed by atoms with Gasteiger partial charge in [0, 0.05) is 6.04 Å². The number of hydrogen-bond acceptors (Lipinski definition) is 3. The summed E-state index contributed by atoms with van der Waals surface area (Å²) < 4.78 is 53.2. The van der Waals surface area contributed by atoms with Crippen molar-refractivity contribution in [2.24, 2.45) is 5.92 Å². The lowest BCUT2D eigenvalue weighted by Crippen LogP contribution is -2.46. The van der Waals surface area contributed by atoms with E-state index in [1.165, 1.54) is 0 Å². The fraction of sp³-hybridized carbons (Fsp3) is 0.533. The van der Waals surface area contributed by atoms with Gasteiger partial charge < -0.3 is 5.11 Å². The lowest BCUT2D eigenvalue weighted by Gasteiger charge is -2.32. The summed E-state index contributed by atoms with van der Waals surface area (Å²) in [4.78, 5) is 11.1. The molecule has 1 aliphatic heterocycles. The molecule has 1 N–H and O–H groups in total. The van der Waals surface area contributed by atoms with Crippen molar-refractivity contribution in [3.63, 3.8) is 0 Å². The summed E-state index contributed by atoms with van der Waals surface area (Å²) in [5.74, 6) is -3.61. The van der Waals surface area contributed by atoms with Crippen molar-refractivity contribution < 1.29 is 27.1 Å². The number of aliphatic carboxylic acids is 1. The van der Waals surface area contributed by atoms with Crippen molar-refractivity contribution in [1.82, 2.24) is 4.31 Å². The number of halogens is 2. The molecule has 3 rings (SSSR count). The molecule has 1 saturated heterocycles. The van der Waals surface area contributed by atoms with Gasteiger partial charge in [0.25, 0.3) is 0 Å². The topological polar surface area (TPSA) is 74.7 Å². The average molecular weight is 345 g/mol. The third-order valence-corrected chi connectivity index (χ3v) is 6.71. The van der Waals surface area contributed by atoms with E-state index in [2.05, 4.69) is 0 Å². The highest BCUT2D eigenvalue weighted by Gasteiger charge is 2.51. The molecule has 0 aromatic heterocycles. The van der Waals surface area contributed by atoms with Crippen molar-refractivity contribution in [3.8, 4) is 0 Å². The predicted molar refractivity (Wildman–Crippen MR) is 77.2 cm³/mol. The molecule has 3 atom stereocenters. The van der Waals surface area contributed by atoms with E-state index in [4.69, 9.17) is 0 Å². The van der Waals surface area contributed by atoms with Crippen LogP contribution in [0.3, 0.4) is 0 Å². The largest absolute Gasteiger partial charge is 0.480 e. The van der Waals surface area contributed by atoms with Crippen LogP contribution in [0.2, 0.25) is 0 Å². The molecule has 1 saturated carbocycles. The van der Waals surface area contributed by atoms with E-state index in [-0.39, 0.29) is 18.4 Å². The SMILES string of the molecule is O=C(O)C1CC2CCCCC2N1S(=O)(=O)c1ccc(F)c(F)c1. The maximum Gasteiger partial charge on any atom is 0.322 e. The molecule has 3 unspecified atom stereocenters. The number of fused-ring (bicyclic) bond motifs is 1. The Morgan fingerprint density at radius 3 is 2.52 bits per heavy atom. The first-order valence-electron chi connectivity index (χ1n) is 7.54. The molecular weight excluding hydrogens is 328 g/mol. The molecule has 126 valence electrons. The average Bonchev–Trinajstić information content (AvgIpc) is 2.90. The molecule has 2 fully saturated rings. The van der Waals surface area contributed by atoms with Gasteiger partial charge in [0.05, 0.1) is 4.90 Å². The van der Waals surface area contributed by atoms with E-state index >= 15 is 0 Å². The lowest BCUT2D eigenvalue weighted by atomic mass is 9.85. The summed E-state index contributed by atoms with van der Waals surface area (Å²) in [5.41, 5.74) is 0. The summed E-state index contributed by atoms with van der Waals surface area (Å²) in [6, 6.07) is 0.791. The monoisotopic (exact) mass is 345 g/mol. The van der Waals surface area contributed by atoms with Crippen LogP contribution >= 0.6 is 0 Å². The van der Waals surface area contributed by atoms with E-state index in [9.17, 15) is 27.1 Å². The molecule has 0 radical (unpaired) electrons. The van der Waals surface area contributed by atoms with Crippen LogP contribution in [-0.4, -0.2) is 35.9 Å². The zero-order valence-corrected chi connectivity index (χ0v) is 13.1. The van der Waals surface area contributed by atoms with Crippen LogP contribution in [0.4, 0.5) is 8.78 Å². The van der Waals surface area contributed by atoms with Crippen LogP contribution in [0.1, 0.15) is 32.1 Å². The van der Waals surface area contributed by atoms with Gasteiger partial charge in [-0.3, -0.25) is 4.79 Å². The Morgan fingerprint density at radius 2 is 1.87 bits per heavy atom. The molecule has 1 aromatic carbocycles. The molecule has 1 aliphatic carbocycles. The highest BCUT2D eigenvalue weighted by atomic mass is 32.2. The van der Waals surface area contributed by atoms with Crippen LogP contribution in [0.15, 0.2) is 23.1 Å². The number of carbonyl (C=O) groups is 1. The predicted octanol–water partition coefficient (Wildman–Crippen LogP) is 2.37. The fourth-order valence-electron chi connectivity index (χ4n) is 3.73. The second-order valence-corrected chi connectivity index (χ2v) is 7.96. The highest BCUT2D eigenvalue weighted by Crippen LogP contribution is 2.42. The van der Waals surface area contributed by atoms with E-state index in [0.29, 0.717) is 12.5 Å². The summed E-state index contributed by atoms with van der Waals surface area (Å²) in [5, 5.41) is 9.40. The summed E-state index contributed by atoms with van der Waals surface area (Å²) in [6.45, 7) is 0. The number of sulfonamides is 1. The molecule has 23 heavy (non-hydrogen) atoms. The van der Waals surface area contributed by atoms with Crippen molar-refractivity contribution in [2.75, 3.05) is 0 Å². The Kier molecular flexibility index (Phi) is 4.14.